The van der Waals surface area contributed by atoms with E-state index in [1.807, 2.05) is 30.3 Å². The maximum atomic E-state index is 13.7. The van der Waals surface area contributed by atoms with Crippen LogP contribution in [0.2, 0.25) is 0 Å². The molecule has 0 radical (unpaired) electrons. The number of hydrogen-bond acceptors (Lipinski definition) is 2. The van der Waals surface area contributed by atoms with Gasteiger partial charge in [-0.2, -0.15) is 0 Å². The molecule has 0 aliphatic heterocycles. The standard InChI is InChI=1S/C19H14F2OS/c20-14-9-13-16(10-15(14)21)23-19(18(22)12-7-4-8-12)17(13)11-5-2-1-3-6-11/h1-3,5-6,9-10,22H,4,7-8H2. The Bertz CT molecular complexity index is 919. The number of fused-ring (bicyclic) bond motifs is 1. The van der Waals surface area contributed by atoms with E-state index in [9.17, 15) is 13.9 Å². The van der Waals surface area contributed by atoms with Crippen LogP contribution in [0, 0.1) is 11.6 Å². The Morgan fingerprint density at radius 1 is 1.00 bits per heavy atom. The van der Waals surface area contributed by atoms with Crippen molar-refractivity contribution in [3.63, 3.8) is 0 Å². The first-order chi connectivity index (χ1) is 11.1. The van der Waals surface area contributed by atoms with Gasteiger partial charge in [0, 0.05) is 15.6 Å². The number of allylic oxidation sites excluding steroid dienone is 1. The van der Waals surface area contributed by atoms with E-state index >= 15 is 0 Å². The quantitative estimate of drug-likeness (QED) is 0.547. The Kier molecular flexibility index (Phi) is 3.42. The zero-order valence-electron chi connectivity index (χ0n) is 12.3. The minimum absolute atomic E-state index is 0.275. The molecule has 1 aliphatic carbocycles. The summed E-state index contributed by atoms with van der Waals surface area (Å²) < 4.78 is 28.0. The van der Waals surface area contributed by atoms with E-state index in [2.05, 4.69) is 0 Å². The van der Waals surface area contributed by atoms with Gasteiger partial charge in [-0.05, 0) is 42.5 Å². The normalized spacial score (nSPS) is 14.1. The smallest absolute Gasteiger partial charge is 0.160 e. The van der Waals surface area contributed by atoms with Crippen molar-refractivity contribution in [2.24, 2.45) is 0 Å². The molecule has 1 N–H and O–H groups in total. The number of benzene rings is 2. The molecule has 0 amide bonds. The number of rotatable bonds is 2. The molecule has 0 unspecified atom stereocenters. The molecule has 2 aromatic carbocycles. The van der Waals surface area contributed by atoms with Gasteiger partial charge < -0.3 is 5.11 Å². The molecule has 0 atom stereocenters. The molecule has 4 rings (SSSR count). The van der Waals surface area contributed by atoms with Gasteiger partial charge >= 0.3 is 0 Å². The van der Waals surface area contributed by atoms with Crippen LogP contribution in [0.3, 0.4) is 0 Å². The Hall–Kier alpha value is -2.20. The van der Waals surface area contributed by atoms with Crippen molar-refractivity contribution in [1.29, 1.82) is 0 Å². The maximum absolute atomic E-state index is 13.7. The van der Waals surface area contributed by atoms with Crippen LogP contribution in [0.25, 0.3) is 27.0 Å². The summed E-state index contributed by atoms with van der Waals surface area (Å²) in [7, 11) is 0. The molecular weight excluding hydrogens is 314 g/mol. The summed E-state index contributed by atoms with van der Waals surface area (Å²) >= 11 is 1.31. The third kappa shape index (κ3) is 2.34. The average molecular weight is 328 g/mol. The number of aliphatic hydroxyl groups is 1. The van der Waals surface area contributed by atoms with E-state index in [0.717, 1.165) is 36.0 Å². The predicted molar refractivity (Wildman–Crippen MR) is 90.6 cm³/mol. The Morgan fingerprint density at radius 2 is 1.70 bits per heavy atom. The second-order valence-corrected chi connectivity index (χ2v) is 6.79. The van der Waals surface area contributed by atoms with Gasteiger partial charge in [0.15, 0.2) is 11.6 Å². The van der Waals surface area contributed by atoms with Gasteiger partial charge in [-0.15, -0.1) is 11.3 Å². The lowest BCUT2D eigenvalue weighted by molar-refractivity contribution is 0.488. The van der Waals surface area contributed by atoms with Crippen molar-refractivity contribution in [2.75, 3.05) is 0 Å². The second-order valence-electron chi connectivity index (χ2n) is 5.74. The SMILES string of the molecule is OC(=C1CCC1)c1sc2cc(F)c(F)cc2c1-c1ccccc1. The summed E-state index contributed by atoms with van der Waals surface area (Å²) in [5.74, 6) is -1.45. The van der Waals surface area contributed by atoms with Gasteiger partial charge in [-0.3, -0.25) is 0 Å². The molecular formula is C19H14F2OS. The van der Waals surface area contributed by atoms with Crippen LogP contribution in [-0.2, 0) is 0 Å². The first-order valence-electron chi connectivity index (χ1n) is 7.53. The minimum Gasteiger partial charge on any atom is -0.506 e. The van der Waals surface area contributed by atoms with Gasteiger partial charge in [0.2, 0.25) is 0 Å². The van der Waals surface area contributed by atoms with Crippen LogP contribution in [0.4, 0.5) is 8.78 Å². The number of halogens is 2. The highest BCUT2D eigenvalue weighted by molar-refractivity contribution is 7.20. The fourth-order valence-corrected chi connectivity index (χ4v) is 4.12. The van der Waals surface area contributed by atoms with Crippen LogP contribution in [-0.4, -0.2) is 5.11 Å². The molecule has 23 heavy (non-hydrogen) atoms. The summed E-state index contributed by atoms with van der Waals surface area (Å²) in [5, 5.41) is 11.3. The molecule has 4 heteroatoms. The van der Waals surface area contributed by atoms with Crippen LogP contribution in [0.5, 0.6) is 0 Å². The van der Waals surface area contributed by atoms with E-state index < -0.39 is 11.6 Å². The molecule has 116 valence electrons. The molecule has 0 bridgehead atoms. The van der Waals surface area contributed by atoms with E-state index in [-0.39, 0.29) is 5.76 Å². The predicted octanol–water partition coefficient (Wildman–Crippen LogP) is 6.30. The van der Waals surface area contributed by atoms with Gasteiger partial charge in [-0.25, -0.2) is 8.78 Å². The van der Waals surface area contributed by atoms with Gasteiger partial charge in [0.1, 0.15) is 5.76 Å². The van der Waals surface area contributed by atoms with Crippen molar-refractivity contribution in [3.05, 3.63) is 64.5 Å². The van der Waals surface area contributed by atoms with Crippen molar-refractivity contribution in [2.45, 2.75) is 19.3 Å². The largest absolute Gasteiger partial charge is 0.506 e. The lowest BCUT2D eigenvalue weighted by Crippen LogP contribution is -2.01. The van der Waals surface area contributed by atoms with E-state index in [1.165, 1.54) is 23.5 Å². The number of thiophene rings is 1. The van der Waals surface area contributed by atoms with Crippen LogP contribution >= 0.6 is 11.3 Å². The lowest BCUT2D eigenvalue weighted by Gasteiger charge is -2.18. The highest BCUT2D eigenvalue weighted by Gasteiger charge is 2.23. The Morgan fingerprint density at radius 3 is 2.35 bits per heavy atom. The molecule has 1 saturated carbocycles. The summed E-state index contributed by atoms with van der Waals surface area (Å²) in [4.78, 5) is 0.700. The fraction of sp³-hybridized carbons (Fsp3) is 0.158. The van der Waals surface area contributed by atoms with Gasteiger partial charge in [-0.1, -0.05) is 30.3 Å². The number of aliphatic hydroxyl groups excluding tert-OH is 1. The van der Waals surface area contributed by atoms with E-state index in [4.69, 9.17) is 0 Å². The third-order valence-electron chi connectivity index (χ3n) is 4.30. The second kappa shape index (κ2) is 5.46. The molecule has 1 fully saturated rings. The van der Waals surface area contributed by atoms with E-state index in [0.29, 0.717) is 15.0 Å². The summed E-state index contributed by atoms with van der Waals surface area (Å²) in [5.41, 5.74) is 2.70. The third-order valence-corrected chi connectivity index (χ3v) is 5.46. The van der Waals surface area contributed by atoms with Crippen LogP contribution in [0.1, 0.15) is 24.1 Å². The van der Waals surface area contributed by atoms with Gasteiger partial charge in [0.25, 0.3) is 0 Å². The number of hydrogen-bond donors (Lipinski definition) is 1. The maximum Gasteiger partial charge on any atom is 0.160 e. The Balaban J connectivity index is 2.05. The average Bonchev–Trinajstić information content (AvgIpc) is 2.85. The molecule has 1 aromatic heterocycles. The monoisotopic (exact) mass is 328 g/mol. The summed E-state index contributed by atoms with van der Waals surface area (Å²) in [6.07, 6.45) is 2.85. The molecule has 1 heterocycles. The topological polar surface area (TPSA) is 20.2 Å². The highest BCUT2D eigenvalue weighted by Crippen LogP contribution is 2.45. The fourth-order valence-electron chi connectivity index (χ4n) is 2.90. The first-order valence-corrected chi connectivity index (χ1v) is 8.35. The molecule has 0 spiro atoms. The zero-order valence-corrected chi connectivity index (χ0v) is 13.1. The zero-order chi connectivity index (χ0) is 16.0. The molecule has 3 aromatic rings. The first kappa shape index (κ1) is 14.4. The summed E-state index contributed by atoms with van der Waals surface area (Å²) in [6, 6.07) is 12.0. The van der Waals surface area contributed by atoms with Gasteiger partial charge in [0.05, 0.1) is 4.88 Å². The minimum atomic E-state index is -0.866. The van der Waals surface area contributed by atoms with E-state index in [1.54, 1.807) is 0 Å². The lowest BCUT2D eigenvalue weighted by atomic mass is 9.89. The van der Waals surface area contributed by atoms with Crippen LogP contribution < -0.4 is 0 Å². The molecule has 1 aliphatic rings. The van der Waals surface area contributed by atoms with Crippen molar-refractivity contribution >= 4 is 27.2 Å². The molecule has 1 nitrogen and oxygen atoms in total. The van der Waals surface area contributed by atoms with Crippen molar-refractivity contribution < 1.29 is 13.9 Å². The molecule has 0 saturated heterocycles. The van der Waals surface area contributed by atoms with Crippen LogP contribution in [0.15, 0.2) is 48.0 Å². The highest BCUT2D eigenvalue weighted by atomic mass is 32.1. The van der Waals surface area contributed by atoms with Crippen molar-refractivity contribution in [1.82, 2.24) is 0 Å². The van der Waals surface area contributed by atoms with Crippen molar-refractivity contribution in [3.8, 4) is 11.1 Å². The Labute approximate surface area is 136 Å². The summed E-state index contributed by atoms with van der Waals surface area (Å²) in [6.45, 7) is 0.